The molecule has 1 aliphatic carbocycles. The average molecular weight is 299 g/mol. The molecular weight excluding hydrogens is 274 g/mol. The Kier molecular flexibility index (Phi) is 3.95. The lowest BCUT2D eigenvalue weighted by molar-refractivity contribution is -0.194. The first kappa shape index (κ1) is 16.1. The van der Waals surface area contributed by atoms with Gasteiger partial charge in [0.1, 0.15) is 5.60 Å². The summed E-state index contributed by atoms with van der Waals surface area (Å²) < 4.78 is 5.32. The van der Waals surface area contributed by atoms with Crippen LogP contribution in [-0.2, 0) is 9.53 Å². The van der Waals surface area contributed by atoms with E-state index in [4.69, 9.17) is 4.74 Å². The van der Waals surface area contributed by atoms with E-state index < -0.39 is 28.7 Å². The van der Waals surface area contributed by atoms with E-state index in [-0.39, 0.29) is 6.54 Å². The number of β-amino-alcohol motifs (C(OH)–C–C–N with tert-alkyl or cyclic N) is 1. The molecule has 0 aromatic carbocycles. The summed E-state index contributed by atoms with van der Waals surface area (Å²) in [5, 5.41) is 20.4. The van der Waals surface area contributed by atoms with Gasteiger partial charge in [-0.25, -0.2) is 4.79 Å². The van der Waals surface area contributed by atoms with E-state index >= 15 is 0 Å². The van der Waals surface area contributed by atoms with Gasteiger partial charge in [0.05, 0.1) is 17.6 Å². The maximum absolute atomic E-state index is 12.1. The molecule has 1 saturated carbocycles. The van der Waals surface area contributed by atoms with Gasteiger partial charge in [0.2, 0.25) is 0 Å². The second-order valence-corrected chi connectivity index (χ2v) is 7.28. The lowest BCUT2D eigenvalue weighted by atomic mass is 9.56. The smallest absolute Gasteiger partial charge is 0.410 e. The molecule has 2 aliphatic rings. The van der Waals surface area contributed by atoms with E-state index in [0.717, 1.165) is 6.42 Å². The van der Waals surface area contributed by atoms with Crippen LogP contribution in [0.4, 0.5) is 4.79 Å². The van der Waals surface area contributed by atoms with Crippen molar-refractivity contribution in [2.24, 2.45) is 5.41 Å². The van der Waals surface area contributed by atoms with Crippen molar-refractivity contribution in [2.45, 2.75) is 64.1 Å². The van der Waals surface area contributed by atoms with Crippen molar-refractivity contribution in [3.05, 3.63) is 0 Å². The van der Waals surface area contributed by atoms with Crippen molar-refractivity contribution in [1.29, 1.82) is 0 Å². The van der Waals surface area contributed by atoms with Gasteiger partial charge in [-0.2, -0.15) is 0 Å². The van der Waals surface area contributed by atoms with Gasteiger partial charge in [-0.1, -0.05) is 6.42 Å². The van der Waals surface area contributed by atoms with Gasteiger partial charge in [0.25, 0.3) is 0 Å². The molecule has 1 amide bonds. The third-order valence-corrected chi connectivity index (χ3v) is 4.63. The summed E-state index contributed by atoms with van der Waals surface area (Å²) in [6, 6.07) is 0. The molecule has 1 unspecified atom stereocenters. The van der Waals surface area contributed by atoms with Crippen molar-refractivity contribution < 1.29 is 24.5 Å². The minimum absolute atomic E-state index is 0.0359. The molecule has 2 rings (SSSR count). The lowest BCUT2D eigenvalue weighted by Crippen LogP contribution is -2.64. The van der Waals surface area contributed by atoms with Gasteiger partial charge >= 0.3 is 12.1 Å². The summed E-state index contributed by atoms with van der Waals surface area (Å²) in [7, 11) is 0. The number of carboxylic acid groups (broad SMARTS) is 1. The van der Waals surface area contributed by atoms with E-state index in [9.17, 15) is 19.8 Å². The van der Waals surface area contributed by atoms with Crippen LogP contribution in [-0.4, -0.2) is 51.5 Å². The fourth-order valence-corrected chi connectivity index (χ4v) is 3.32. The van der Waals surface area contributed by atoms with Gasteiger partial charge in [0.15, 0.2) is 0 Å². The Labute approximate surface area is 125 Å². The highest BCUT2D eigenvalue weighted by atomic mass is 16.6. The first-order valence-corrected chi connectivity index (χ1v) is 7.53. The molecule has 0 radical (unpaired) electrons. The van der Waals surface area contributed by atoms with Crippen LogP contribution in [0.2, 0.25) is 0 Å². The van der Waals surface area contributed by atoms with Gasteiger partial charge in [-0.15, -0.1) is 0 Å². The number of rotatable bonds is 2. The molecule has 1 aliphatic heterocycles. The third-order valence-electron chi connectivity index (χ3n) is 4.63. The summed E-state index contributed by atoms with van der Waals surface area (Å²) in [5.41, 5.74) is -3.06. The molecule has 1 heterocycles. The van der Waals surface area contributed by atoms with Crippen LogP contribution in [0, 0.1) is 5.41 Å². The molecule has 6 heteroatoms. The number of ether oxygens (including phenoxy) is 1. The highest BCUT2D eigenvalue weighted by Gasteiger charge is 2.61. The average Bonchev–Trinajstić information content (AvgIpc) is 2.23. The lowest BCUT2D eigenvalue weighted by Gasteiger charge is -2.53. The molecule has 2 N–H and O–H groups in total. The highest BCUT2D eigenvalue weighted by Crippen LogP contribution is 2.52. The first-order valence-electron chi connectivity index (χ1n) is 7.53. The molecular formula is C15H25NO5. The summed E-state index contributed by atoms with van der Waals surface area (Å²) in [6.45, 7) is 5.88. The van der Waals surface area contributed by atoms with Crippen LogP contribution in [0.1, 0.15) is 52.9 Å². The minimum Gasteiger partial charge on any atom is -0.481 e. The maximum Gasteiger partial charge on any atom is 0.410 e. The fourth-order valence-electron chi connectivity index (χ4n) is 3.32. The SMILES string of the molecule is CC(C)(C)OC(=O)N1CCCC(O)(C2(C(=O)O)CCC2)C1. The van der Waals surface area contributed by atoms with Crippen LogP contribution in [0.15, 0.2) is 0 Å². The normalized spacial score (nSPS) is 28.7. The summed E-state index contributed by atoms with van der Waals surface area (Å²) in [5.74, 6) is -0.956. The van der Waals surface area contributed by atoms with E-state index in [1.54, 1.807) is 20.8 Å². The van der Waals surface area contributed by atoms with E-state index in [1.165, 1.54) is 4.90 Å². The number of aliphatic hydroxyl groups is 1. The van der Waals surface area contributed by atoms with Gasteiger partial charge in [0, 0.05) is 6.54 Å². The van der Waals surface area contributed by atoms with Crippen LogP contribution in [0.25, 0.3) is 0 Å². The number of carbonyl (C=O) groups is 2. The minimum atomic E-state index is -1.35. The fraction of sp³-hybridized carbons (Fsp3) is 0.867. The van der Waals surface area contributed by atoms with Gasteiger partial charge in [-0.05, 0) is 46.5 Å². The van der Waals surface area contributed by atoms with E-state index in [0.29, 0.717) is 32.2 Å². The molecule has 6 nitrogen and oxygen atoms in total. The predicted molar refractivity (Wildman–Crippen MR) is 75.9 cm³/mol. The van der Waals surface area contributed by atoms with Crippen LogP contribution in [0.3, 0.4) is 0 Å². The van der Waals surface area contributed by atoms with E-state index in [1.807, 2.05) is 0 Å². The molecule has 2 fully saturated rings. The monoisotopic (exact) mass is 299 g/mol. The van der Waals surface area contributed by atoms with Crippen LogP contribution < -0.4 is 0 Å². The second kappa shape index (κ2) is 5.16. The van der Waals surface area contributed by atoms with Crippen molar-refractivity contribution in [3.8, 4) is 0 Å². The van der Waals surface area contributed by atoms with Gasteiger partial charge < -0.3 is 19.8 Å². The molecule has 0 aromatic rings. The summed E-state index contributed by atoms with van der Waals surface area (Å²) in [6.07, 6.45) is 2.27. The molecule has 120 valence electrons. The molecule has 0 bridgehead atoms. The highest BCUT2D eigenvalue weighted by molar-refractivity contribution is 5.78. The summed E-state index contributed by atoms with van der Waals surface area (Å²) >= 11 is 0. The Bertz CT molecular complexity index is 438. The van der Waals surface area contributed by atoms with Crippen molar-refractivity contribution >= 4 is 12.1 Å². The second-order valence-electron chi connectivity index (χ2n) is 7.28. The number of aliphatic carboxylic acids is 1. The predicted octanol–water partition coefficient (Wildman–Crippen LogP) is 2.00. The van der Waals surface area contributed by atoms with Crippen molar-refractivity contribution in [3.63, 3.8) is 0 Å². The topological polar surface area (TPSA) is 87.1 Å². The molecule has 1 saturated heterocycles. The Hall–Kier alpha value is -1.30. The van der Waals surface area contributed by atoms with Crippen LogP contribution in [0.5, 0.6) is 0 Å². The largest absolute Gasteiger partial charge is 0.481 e. The van der Waals surface area contributed by atoms with Crippen LogP contribution >= 0.6 is 0 Å². The van der Waals surface area contributed by atoms with E-state index in [2.05, 4.69) is 0 Å². The third kappa shape index (κ3) is 2.86. The number of hydrogen-bond donors (Lipinski definition) is 2. The standard InChI is InChI=1S/C15H25NO5/c1-13(2,3)21-12(19)16-9-5-8-15(20,10-16)14(11(17)18)6-4-7-14/h20H,4-10H2,1-3H3,(H,17,18). The zero-order valence-electron chi connectivity index (χ0n) is 13.0. The Morgan fingerprint density at radius 2 is 1.76 bits per heavy atom. The Balaban J connectivity index is 2.13. The first-order chi connectivity index (χ1) is 9.60. The Morgan fingerprint density at radius 3 is 2.19 bits per heavy atom. The number of nitrogens with zero attached hydrogens (tertiary/aromatic N) is 1. The number of carbonyl (C=O) groups excluding carboxylic acids is 1. The number of piperidine rings is 1. The zero-order chi connectivity index (χ0) is 15.9. The molecule has 0 spiro atoms. The quantitative estimate of drug-likeness (QED) is 0.814. The summed E-state index contributed by atoms with van der Waals surface area (Å²) in [4.78, 5) is 25.2. The maximum atomic E-state index is 12.1. The van der Waals surface area contributed by atoms with Crippen molar-refractivity contribution in [1.82, 2.24) is 4.90 Å². The number of amides is 1. The number of carboxylic acids is 1. The number of hydrogen-bond acceptors (Lipinski definition) is 4. The zero-order valence-corrected chi connectivity index (χ0v) is 13.0. The molecule has 21 heavy (non-hydrogen) atoms. The van der Waals surface area contributed by atoms with Crippen molar-refractivity contribution in [2.75, 3.05) is 13.1 Å². The van der Waals surface area contributed by atoms with Gasteiger partial charge in [-0.3, -0.25) is 4.79 Å². The Morgan fingerprint density at radius 1 is 1.14 bits per heavy atom. The molecule has 1 atom stereocenters. The molecule has 0 aromatic heterocycles. The number of likely N-dealkylation sites (tertiary alicyclic amines) is 1.